The van der Waals surface area contributed by atoms with Crippen LogP contribution in [-0.2, 0) is 13.0 Å². The molecule has 0 radical (unpaired) electrons. The Bertz CT molecular complexity index is 1050. The van der Waals surface area contributed by atoms with Crippen molar-refractivity contribution in [3.8, 4) is 11.4 Å². The fraction of sp³-hybridized carbons (Fsp3) is 0.286. The molecule has 0 atom stereocenters. The van der Waals surface area contributed by atoms with Gasteiger partial charge < -0.3 is 9.88 Å². The van der Waals surface area contributed by atoms with Crippen LogP contribution in [0.5, 0.6) is 0 Å². The molecule has 3 aromatic rings. The lowest BCUT2D eigenvalue weighted by molar-refractivity contribution is 0.102. The number of halogens is 3. The molecule has 156 valence electrons. The van der Waals surface area contributed by atoms with Crippen LogP contribution in [0.15, 0.2) is 47.4 Å². The Hall–Kier alpha value is -2.81. The molecule has 1 aromatic heterocycles. The van der Waals surface area contributed by atoms with E-state index in [1.54, 1.807) is 0 Å². The van der Waals surface area contributed by atoms with Crippen molar-refractivity contribution in [2.24, 2.45) is 0 Å². The van der Waals surface area contributed by atoms with E-state index in [1.807, 2.05) is 4.57 Å². The van der Waals surface area contributed by atoms with Crippen molar-refractivity contribution in [1.82, 2.24) is 14.8 Å². The van der Waals surface area contributed by atoms with Crippen molar-refractivity contribution < 1.29 is 18.0 Å². The molecule has 1 amide bonds. The van der Waals surface area contributed by atoms with Gasteiger partial charge in [-0.3, -0.25) is 4.79 Å². The molecule has 1 N–H and O–H groups in total. The van der Waals surface area contributed by atoms with E-state index in [1.165, 1.54) is 42.5 Å². The highest BCUT2D eigenvalue weighted by atomic mass is 32.2. The topological polar surface area (TPSA) is 59.8 Å². The van der Waals surface area contributed by atoms with Crippen molar-refractivity contribution in [3.05, 3.63) is 59.7 Å². The number of hydrogen-bond donors (Lipinski definition) is 1. The maximum Gasteiger partial charge on any atom is 0.288 e. The number of anilines is 1. The van der Waals surface area contributed by atoms with Gasteiger partial charge in [-0.25, -0.2) is 4.39 Å². The van der Waals surface area contributed by atoms with E-state index in [2.05, 4.69) is 15.5 Å². The van der Waals surface area contributed by atoms with Gasteiger partial charge in [0.25, 0.3) is 11.7 Å². The molecule has 0 aliphatic carbocycles. The minimum absolute atomic E-state index is 0.275. The third-order valence-electron chi connectivity index (χ3n) is 4.92. The van der Waals surface area contributed by atoms with Gasteiger partial charge in [-0.2, -0.15) is 8.78 Å². The zero-order chi connectivity index (χ0) is 21.1. The van der Waals surface area contributed by atoms with Gasteiger partial charge in [-0.15, -0.1) is 10.2 Å². The van der Waals surface area contributed by atoms with Crippen LogP contribution in [0.4, 0.5) is 18.9 Å². The third kappa shape index (κ3) is 4.51. The zero-order valence-electron chi connectivity index (χ0n) is 15.9. The number of nitrogens with one attached hydrogen (secondary N) is 1. The quantitative estimate of drug-likeness (QED) is 0.550. The van der Waals surface area contributed by atoms with E-state index in [4.69, 9.17) is 0 Å². The smallest absolute Gasteiger partial charge is 0.288 e. The molecule has 0 spiro atoms. The summed E-state index contributed by atoms with van der Waals surface area (Å²) in [6.07, 6.45) is 3.92. The summed E-state index contributed by atoms with van der Waals surface area (Å²) in [5.41, 5.74) is 1.00. The lowest BCUT2D eigenvalue weighted by Crippen LogP contribution is -2.12. The summed E-state index contributed by atoms with van der Waals surface area (Å²) in [5, 5.41) is 11.1. The Balaban J connectivity index is 1.55. The van der Waals surface area contributed by atoms with Crippen molar-refractivity contribution in [1.29, 1.82) is 0 Å². The monoisotopic (exact) mass is 432 g/mol. The number of hydrogen-bond acceptors (Lipinski definition) is 4. The van der Waals surface area contributed by atoms with Crippen LogP contribution < -0.4 is 5.32 Å². The van der Waals surface area contributed by atoms with E-state index in [9.17, 15) is 18.0 Å². The van der Waals surface area contributed by atoms with E-state index in [-0.39, 0.29) is 5.56 Å². The van der Waals surface area contributed by atoms with Gasteiger partial charge in [-0.1, -0.05) is 18.2 Å². The fourth-order valence-corrected chi connectivity index (χ4v) is 3.95. The van der Waals surface area contributed by atoms with Crippen molar-refractivity contribution in [2.45, 2.75) is 42.9 Å². The SMILES string of the molecule is O=C(Nc1ccc(F)c(-c2nnc3n2CCCCC3)c1)c1ccc(SC(F)F)cc1. The van der Waals surface area contributed by atoms with Crippen LogP contribution in [0, 0.1) is 5.82 Å². The molecular formula is C21H19F3N4OS. The van der Waals surface area contributed by atoms with E-state index < -0.39 is 17.5 Å². The highest BCUT2D eigenvalue weighted by Crippen LogP contribution is 2.28. The van der Waals surface area contributed by atoms with Gasteiger partial charge in [0.15, 0.2) is 5.82 Å². The van der Waals surface area contributed by atoms with E-state index in [0.29, 0.717) is 33.7 Å². The van der Waals surface area contributed by atoms with Crippen LogP contribution in [0.2, 0.25) is 0 Å². The maximum absolute atomic E-state index is 14.6. The number of amides is 1. The molecule has 0 saturated carbocycles. The first-order chi connectivity index (χ1) is 14.5. The number of fused-ring (bicyclic) bond motifs is 1. The minimum atomic E-state index is -2.52. The maximum atomic E-state index is 14.6. The predicted octanol–water partition coefficient (Wildman–Crippen LogP) is 5.38. The summed E-state index contributed by atoms with van der Waals surface area (Å²) in [7, 11) is 0. The number of nitrogens with zero attached hydrogens (tertiary/aromatic N) is 3. The molecule has 2 aromatic carbocycles. The number of alkyl halides is 2. The molecule has 0 saturated heterocycles. The molecule has 4 rings (SSSR count). The molecule has 5 nitrogen and oxygen atoms in total. The summed E-state index contributed by atoms with van der Waals surface area (Å²) in [4.78, 5) is 12.9. The van der Waals surface area contributed by atoms with Gasteiger partial charge in [0.05, 0.1) is 5.56 Å². The molecule has 1 aliphatic heterocycles. The number of carbonyl (C=O) groups is 1. The summed E-state index contributed by atoms with van der Waals surface area (Å²) >= 11 is 0.416. The van der Waals surface area contributed by atoms with Crippen molar-refractivity contribution in [3.63, 3.8) is 0 Å². The molecule has 30 heavy (non-hydrogen) atoms. The van der Waals surface area contributed by atoms with Gasteiger partial charge in [0.1, 0.15) is 11.6 Å². The summed E-state index contributed by atoms with van der Waals surface area (Å²) in [5.74, 6) is -2.08. The minimum Gasteiger partial charge on any atom is -0.322 e. The van der Waals surface area contributed by atoms with Crippen LogP contribution >= 0.6 is 11.8 Å². The van der Waals surface area contributed by atoms with Crippen molar-refractivity contribution in [2.75, 3.05) is 5.32 Å². The van der Waals surface area contributed by atoms with Gasteiger partial charge in [-0.05, 0) is 55.3 Å². The summed E-state index contributed by atoms with van der Waals surface area (Å²) in [6.45, 7) is 0.733. The van der Waals surface area contributed by atoms with Crippen LogP contribution in [0.3, 0.4) is 0 Å². The fourth-order valence-electron chi connectivity index (χ4n) is 3.45. The molecule has 0 unspecified atom stereocenters. The second-order valence-corrected chi connectivity index (χ2v) is 8.02. The van der Waals surface area contributed by atoms with E-state index >= 15 is 0 Å². The highest BCUT2D eigenvalue weighted by Gasteiger charge is 2.19. The van der Waals surface area contributed by atoms with Crippen molar-refractivity contribution >= 4 is 23.4 Å². The molecule has 0 fully saturated rings. The summed E-state index contributed by atoms with van der Waals surface area (Å²) in [6, 6.07) is 10.2. The summed E-state index contributed by atoms with van der Waals surface area (Å²) < 4.78 is 41.3. The second-order valence-electron chi connectivity index (χ2n) is 6.95. The number of carbonyl (C=O) groups excluding carboxylic acids is 1. The Morgan fingerprint density at radius 2 is 1.87 bits per heavy atom. The molecular weight excluding hydrogens is 413 g/mol. The Morgan fingerprint density at radius 1 is 1.07 bits per heavy atom. The lowest BCUT2D eigenvalue weighted by Gasteiger charge is -2.11. The van der Waals surface area contributed by atoms with Crippen LogP contribution in [0.1, 0.15) is 35.4 Å². The first-order valence-corrected chi connectivity index (χ1v) is 10.5. The third-order valence-corrected chi connectivity index (χ3v) is 5.64. The average molecular weight is 432 g/mol. The molecule has 1 aliphatic rings. The zero-order valence-corrected chi connectivity index (χ0v) is 16.8. The molecule has 2 heterocycles. The second kappa shape index (κ2) is 8.91. The lowest BCUT2D eigenvalue weighted by atomic mass is 10.1. The Morgan fingerprint density at radius 3 is 2.63 bits per heavy atom. The number of benzene rings is 2. The van der Waals surface area contributed by atoms with Gasteiger partial charge in [0.2, 0.25) is 0 Å². The Labute approximate surface area is 175 Å². The number of aromatic nitrogens is 3. The number of thioether (sulfide) groups is 1. The van der Waals surface area contributed by atoms with Crippen LogP contribution in [0.25, 0.3) is 11.4 Å². The number of aryl methyl sites for hydroxylation is 1. The molecule has 9 heteroatoms. The highest BCUT2D eigenvalue weighted by molar-refractivity contribution is 7.99. The number of rotatable bonds is 5. The molecule has 0 bridgehead atoms. The standard InChI is InChI=1S/C21H19F3N4OS/c22-17-10-7-14(25-20(29)13-5-8-15(9-6-13)30-21(23)24)12-16(17)19-27-26-18-4-2-1-3-11-28(18)19/h5-10,12,21H,1-4,11H2,(H,25,29). The van der Waals surface area contributed by atoms with Crippen LogP contribution in [-0.4, -0.2) is 26.4 Å². The van der Waals surface area contributed by atoms with Gasteiger partial charge in [0, 0.05) is 29.1 Å². The first kappa shape index (κ1) is 20.5. The Kier molecular flexibility index (Phi) is 6.08. The van der Waals surface area contributed by atoms with Gasteiger partial charge >= 0.3 is 0 Å². The van der Waals surface area contributed by atoms with E-state index in [0.717, 1.165) is 38.1 Å². The predicted molar refractivity (Wildman–Crippen MR) is 109 cm³/mol. The first-order valence-electron chi connectivity index (χ1n) is 9.59. The average Bonchev–Trinajstić information content (AvgIpc) is 2.97. The largest absolute Gasteiger partial charge is 0.322 e. The normalized spacial score (nSPS) is 13.7.